The van der Waals surface area contributed by atoms with Crippen LogP contribution < -0.4 is 0 Å². The summed E-state index contributed by atoms with van der Waals surface area (Å²) < 4.78 is 5.35. The van der Waals surface area contributed by atoms with Crippen molar-refractivity contribution in [2.75, 3.05) is 13.7 Å². The van der Waals surface area contributed by atoms with E-state index < -0.39 is 0 Å². The van der Waals surface area contributed by atoms with Gasteiger partial charge in [-0.2, -0.15) is 0 Å². The van der Waals surface area contributed by atoms with E-state index in [-0.39, 0.29) is 6.61 Å². The van der Waals surface area contributed by atoms with Crippen LogP contribution in [-0.4, -0.2) is 24.9 Å². The molecule has 0 aromatic rings. The van der Waals surface area contributed by atoms with Crippen molar-refractivity contribution in [2.24, 2.45) is 5.92 Å². The van der Waals surface area contributed by atoms with Gasteiger partial charge in [0.25, 0.3) is 0 Å². The maximum absolute atomic E-state index is 8.57. The van der Waals surface area contributed by atoms with Crippen molar-refractivity contribution in [1.82, 2.24) is 0 Å². The van der Waals surface area contributed by atoms with Crippen molar-refractivity contribution in [3.8, 4) is 0 Å². The molecule has 84 valence electrons. The van der Waals surface area contributed by atoms with Gasteiger partial charge in [0.1, 0.15) is 0 Å². The van der Waals surface area contributed by atoms with Crippen LogP contribution in [0.1, 0.15) is 39.5 Å². The molecule has 1 unspecified atom stereocenters. The highest BCUT2D eigenvalue weighted by Crippen LogP contribution is 2.12. The lowest BCUT2D eigenvalue weighted by Gasteiger charge is -2.13. The summed E-state index contributed by atoms with van der Waals surface area (Å²) in [5.41, 5.74) is 0. The quantitative estimate of drug-likeness (QED) is 0.610. The van der Waals surface area contributed by atoms with E-state index in [1.807, 2.05) is 6.08 Å². The summed E-state index contributed by atoms with van der Waals surface area (Å²) in [7, 11) is 1.76. The third-order valence-corrected chi connectivity index (χ3v) is 2.31. The smallest absolute Gasteiger partial charge is 0.0612 e. The molecule has 0 saturated carbocycles. The minimum Gasteiger partial charge on any atom is -0.392 e. The Bertz CT molecular complexity index is 141. The van der Waals surface area contributed by atoms with Crippen molar-refractivity contribution >= 4 is 0 Å². The zero-order valence-electron chi connectivity index (χ0n) is 9.70. The number of aliphatic hydroxyl groups excluding tert-OH is 1. The van der Waals surface area contributed by atoms with E-state index in [4.69, 9.17) is 9.84 Å². The van der Waals surface area contributed by atoms with Gasteiger partial charge >= 0.3 is 0 Å². The van der Waals surface area contributed by atoms with E-state index in [0.717, 1.165) is 18.8 Å². The van der Waals surface area contributed by atoms with Gasteiger partial charge in [-0.25, -0.2) is 0 Å². The molecule has 0 fully saturated rings. The molecule has 1 atom stereocenters. The molecule has 0 aliphatic rings. The molecule has 0 radical (unpaired) electrons. The number of hydrogen-bond acceptors (Lipinski definition) is 2. The van der Waals surface area contributed by atoms with Gasteiger partial charge in [0, 0.05) is 7.11 Å². The first-order chi connectivity index (χ1) is 6.70. The van der Waals surface area contributed by atoms with Crippen molar-refractivity contribution < 1.29 is 9.84 Å². The van der Waals surface area contributed by atoms with Crippen molar-refractivity contribution in [2.45, 2.75) is 45.6 Å². The molecule has 2 heteroatoms. The highest BCUT2D eigenvalue weighted by Gasteiger charge is 2.05. The molecule has 0 bridgehead atoms. The molecule has 0 rings (SSSR count). The van der Waals surface area contributed by atoms with E-state index in [2.05, 4.69) is 13.8 Å². The van der Waals surface area contributed by atoms with E-state index in [1.54, 1.807) is 13.2 Å². The van der Waals surface area contributed by atoms with E-state index in [1.165, 1.54) is 12.8 Å². The van der Waals surface area contributed by atoms with Gasteiger partial charge in [0.15, 0.2) is 0 Å². The first kappa shape index (κ1) is 13.7. The molecule has 0 aromatic heterocycles. The number of methoxy groups -OCH3 is 1. The maximum atomic E-state index is 8.57. The summed E-state index contributed by atoms with van der Waals surface area (Å²) in [4.78, 5) is 0. The molecule has 0 aromatic carbocycles. The largest absolute Gasteiger partial charge is 0.392 e. The molecule has 0 amide bonds. The van der Waals surface area contributed by atoms with Crippen LogP contribution in [0.5, 0.6) is 0 Å². The molecule has 0 spiro atoms. The second-order valence-electron chi connectivity index (χ2n) is 4.07. The minimum atomic E-state index is 0.127. The van der Waals surface area contributed by atoms with Crippen LogP contribution >= 0.6 is 0 Å². The van der Waals surface area contributed by atoms with E-state index >= 15 is 0 Å². The zero-order chi connectivity index (χ0) is 10.8. The second kappa shape index (κ2) is 9.22. The molecule has 14 heavy (non-hydrogen) atoms. The molecule has 0 saturated heterocycles. The second-order valence-corrected chi connectivity index (χ2v) is 4.07. The number of rotatable bonds is 8. The fourth-order valence-electron chi connectivity index (χ4n) is 1.41. The molecule has 2 nitrogen and oxygen atoms in total. The molecular weight excluding hydrogens is 176 g/mol. The average molecular weight is 200 g/mol. The van der Waals surface area contributed by atoms with E-state index in [9.17, 15) is 0 Å². The minimum absolute atomic E-state index is 0.127. The third-order valence-electron chi connectivity index (χ3n) is 2.31. The Labute approximate surface area is 88.0 Å². The Hall–Kier alpha value is -0.340. The number of aliphatic hydroxyl groups is 1. The summed E-state index contributed by atoms with van der Waals surface area (Å²) in [5.74, 6) is 0.778. The highest BCUT2D eigenvalue weighted by molar-refractivity contribution is 4.83. The summed E-state index contributed by atoms with van der Waals surface area (Å²) in [6.07, 6.45) is 8.60. The van der Waals surface area contributed by atoms with Gasteiger partial charge in [-0.05, 0) is 18.8 Å². The lowest BCUT2D eigenvalue weighted by molar-refractivity contribution is 0.0944. The molecular formula is C12H24O2. The fourth-order valence-corrected chi connectivity index (χ4v) is 1.41. The number of hydrogen-bond donors (Lipinski definition) is 1. The van der Waals surface area contributed by atoms with Crippen LogP contribution in [0.15, 0.2) is 12.2 Å². The lowest BCUT2D eigenvalue weighted by Crippen LogP contribution is -2.09. The Balaban J connectivity index is 3.52. The summed E-state index contributed by atoms with van der Waals surface area (Å²) >= 11 is 0. The highest BCUT2D eigenvalue weighted by atomic mass is 16.5. The van der Waals surface area contributed by atoms with Crippen LogP contribution in [0.2, 0.25) is 0 Å². The van der Waals surface area contributed by atoms with Crippen molar-refractivity contribution in [1.29, 1.82) is 0 Å². The molecule has 0 aliphatic heterocycles. The van der Waals surface area contributed by atoms with E-state index in [0.29, 0.717) is 6.10 Å². The number of ether oxygens (including phenoxy) is 1. The Morgan fingerprint density at radius 2 is 1.93 bits per heavy atom. The van der Waals surface area contributed by atoms with Gasteiger partial charge < -0.3 is 9.84 Å². The van der Waals surface area contributed by atoms with Crippen LogP contribution in [0.25, 0.3) is 0 Å². The molecule has 0 aliphatic carbocycles. The Morgan fingerprint density at radius 1 is 1.21 bits per heavy atom. The van der Waals surface area contributed by atoms with Crippen LogP contribution in [0, 0.1) is 5.92 Å². The Kier molecular flexibility index (Phi) is 9.00. The van der Waals surface area contributed by atoms with Crippen molar-refractivity contribution in [3.05, 3.63) is 12.2 Å². The van der Waals surface area contributed by atoms with Crippen molar-refractivity contribution in [3.63, 3.8) is 0 Å². The topological polar surface area (TPSA) is 29.5 Å². The van der Waals surface area contributed by atoms with Gasteiger partial charge in [0.05, 0.1) is 12.7 Å². The normalized spacial score (nSPS) is 14.1. The summed E-state index contributed by atoms with van der Waals surface area (Å²) in [6.45, 7) is 4.61. The monoisotopic (exact) mass is 200 g/mol. The SMILES string of the molecule is COC(C/C=C/CO)CCCC(C)C. The first-order valence-corrected chi connectivity index (χ1v) is 5.49. The first-order valence-electron chi connectivity index (χ1n) is 5.49. The fraction of sp³-hybridized carbons (Fsp3) is 0.833. The van der Waals surface area contributed by atoms with Gasteiger partial charge in [-0.3, -0.25) is 0 Å². The standard InChI is InChI=1S/C12H24O2/c1-11(2)7-6-9-12(14-3)8-4-5-10-13/h4-5,11-13H,6-10H2,1-3H3/b5-4+. The van der Waals surface area contributed by atoms with Crippen LogP contribution in [0.3, 0.4) is 0 Å². The lowest BCUT2D eigenvalue weighted by atomic mass is 10.0. The average Bonchev–Trinajstić information content (AvgIpc) is 2.15. The molecule has 1 N–H and O–H groups in total. The predicted octanol–water partition coefficient (Wildman–Crippen LogP) is 2.77. The van der Waals surface area contributed by atoms with Gasteiger partial charge in [0.2, 0.25) is 0 Å². The maximum Gasteiger partial charge on any atom is 0.0612 e. The van der Waals surface area contributed by atoms with Crippen LogP contribution in [0.4, 0.5) is 0 Å². The third kappa shape index (κ3) is 8.27. The molecule has 0 heterocycles. The van der Waals surface area contributed by atoms with Crippen LogP contribution in [-0.2, 0) is 4.74 Å². The van der Waals surface area contributed by atoms with Gasteiger partial charge in [-0.1, -0.05) is 38.8 Å². The Morgan fingerprint density at radius 3 is 2.43 bits per heavy atom. The predicted molar refractivity (Wildman–Crippen MR) is 60.3 cm³/mol. The summed E-state index contributed by atoms with van der Waals surface area (Å²) in [6, 6.07) is 0. The summed E-state index contributed by atoms with van der Waals surface area (Å²) in [5, 5.41) is 8.57. The van der Waals surface area contributed by atoms with Gasteiger partial charge in [-0.15, -0.1) is 0 Å². The zero-order valence-corrected chi connectivity index (χ0v) is 9.70.